The molecule has 2 atom stereocenters. The molecule has 0 rings (SSSR count). The van der Waals surface area contributed by atoms with Gasteiger partial charge in [0.15, 0.2) is 0 Å². The molecule has 3 heteroatoms. The lowest BCUT2D eigenvalue weighted by Crippen LogP contribution is -2.38. The highest BCUT2D eigenvalue weighted by molar-refractivity contribution is 4.65. The molecular weight excluding hydrogens is 200 g/mol. The van der Waals surface area contributed by atoms with E-state index in [1.165, 1.54) is 12.8 Å². The number of hydrogen-bond donors (Lipinski definition) is 3. The molecule has 0 aromatic heterocycles. The van der Waals surface area contributed by atoms with Crippen molar-refractivity contribution in [3.8, 4) is 0 Å². The summed E-state index contributed by atoms with van der Waals surface area (Å²) in [6, 6.07) is 0. The molecule has 0 aliphatic carbocycles. The third-order valence-corrected chi connectivity index (χ3v) is 3.14. The lowest BCUT2D eigenvalue weighted by atomic mass is 10.1. The van der Waals surface area contributed by atoms with Gasteiger partial charge in [0.2, 0.25) is 0 Å². The minimum Gasteiger partial charge on any atom is -0.390 e. The second-order valence-electron chi connectivity index (χ2n) is 5.00. The normalized spacial score (nSPS) is 17.1. The quantitative estimate of drug-likeness (QED) is 0.534. The van der Waals surface area contributed by atoms with Crippen molar-refractivity contribution in [3.63, 3.8) is 0 Å². The summed E-state index contributed by atoms with van der Waals surface area (Å²) in [5.74, 6) is 1.39. The second kappa shape index (κ2) is 10.1. The maximum atomic E-state index is 9.70. The van der Waals surface area contributed by atoms with Gasteiger partial charge in [-0.05, 0) is 24.9 Å². The predicted octanol–water partition coefficient (Wildman–Crippen LogP) is 1.62. The van der Waals surface area contributed by atoms with Crippen molar-refractivity contribution in [1.29, 1.82) is 0 Å². The van der Waals surface area contributed by atoms with E-state index in [1.54, 1.807) is 0 Å². The largest absolute Gasteiger partial charge is 0.390 e. The van der Waals surface area contributed by atoms with Gasteiger partial charge in [0, 0.05) is 13.1 Å². The van der Waals surface area contributed by atoms with Crippen LogP contribution in [0.25, 0.3) is 0 Å². The molecule has 0 bridgehead atoms. The Morgan fingerprint density at radius 2 is 1.19 bits per heavy atom. The van der Waals surface area contributed by atoms with E-state index >= 15 is 0 Å². The Labute approximate surface area is 101 Å². The van der Waals surface area contributed by atoms with Gasteiger partial charge in [-0.2, -0.15) is 0 Å². The average molecular weight is 230 g/mol. The first-order valence-corrected chi connectivity index (χ1v) is 6.69. The van der Waals surface area contributed by atoms with Crippen LogP contribution in [0.4, 0.5) is 0 Å². The fraction of sp³-hybridized carbons (Fsp3) is 1.00. The smallest absolute Gasteiger partial charge is 0.0788 e. The minimum atomic E-state index is -0.270. The predicted molar refractivity (Wildman–Crippen MR) is 70.7 cm³/mol. The lowest BCUT2D eigenvalue weighted by Gasteiger charge is -2.16. The van der Waals surface area contributed by atoms with E-state index < -0.39 is 0 Å². The Morgan fingerprint density at radius 3 is 1.50 bits per heavy atom. The van der Waals surface area contributed by atoms with Crippen LogP contribution in [-0.2, 0) is 0 Å². The lowest BCUT2D eigenvalue weighted by molar-refractivity contribution is 0.165. The van der Waals surface area contributed by atoms with Gasteiger partial charge in [0.25, 0.3) is 0 Å². The van der Waals surface area contributed by atoms with Crippen LogP contribution in [0.1, 0.15) is 40.5 Å². The Kier molecular flexibility index (Phi) is 9.99. The van der Waals surface area contributed by atoms with E-state index in [0.717, 1.165) is 13.1 Å². The summed E-state index contributed by atoms with van der Waals surface area (Å²) in [5, 5.41) is 16.3. The monoisotopic (exact) mass is 230 g/mol. The molecule has 0 spiro atoms. The molecule has 3 N–H and O–H groups in total. The van der Waals surface area contributed by atoms with Crippen molar-refractivity contribution in [3.05, 3.63) is 0 Å². The average Bonchev–Trinajstić information content (AvgIpc) is 2.28. The van der Waals surface area contributed by atoms with Crippen LogP contribution in [0, 0.1) is 11.8 Å². The number of hydrogen-bond acceptors (Lipinski definition) is 3. The van der Waals surface area contributed by atoms with Crippen molar-refractivity contribution < 1.29 is 5.11 Å². The minimum absolute atomic E-state index is 0.270. The molecular formula is C13H30N2O. The van der Waals surface area contributed by atoms with Crippen LogP contribution in [0.5, 0.6) is 0 Å². The molecule has 0 aliphatic heterocycles. The number of aliphatic hydroxyl groups is 1. The molecule has 0 heterocycles. The summed E-state index contributed by atoms with van der Waals surface area (Å²) in [6.07, 6.45) is 2.11. The molecule has 16 heavy (non-hydrogen) atoms. The molecule has 0 radical (unpaired) electrons. The van der Waals surface area contributed by atoms with Gasteiger partial charge in [-0.3, -0.25) is 0 Å². The zero-order valence-corrected chi connectivity index (χ0v) is 11.4. The fourth-order valence-corrected chi connectivity index (χ4v) is 1.35. The Balaban J connectivity index is 3.34. The zero-order valence-electron chi connectivity index (χ0n) is 11.4. The van der Waals surface area contributed by atoms with Gasteiger partial charge in [0.05, 0.1) is 6.10 Å². The molecule has 0 saturated carbocycles. The molecule has 98 valence electrons. The van der Waals surface area contributed by atoms with E-state index in [0.29, 0.717) is 24.9 Å². The Hall–Kier alpha value is -0.120. The first-order valence-electron chi connectivity index (χ1n) is 6.69. The zero-order chi connectivity index (χ0) is 12.4. The standard InChI is InChI=1S/C13H30N2O/c1-5-11(3)7-14-9-13(16)10-15-8-12(4)6-2/h11-16H,5-10H2,1-4H3. The third kappa shape index (κ3) is 9.13. The van der Waals surface area contributed by atoms with Gasteiger partial charge in [0.1, 0.15) is 0 Å². The van der Waals surface area contributed by atoms with E-state index in [1.807, 2.05) is 0 Å². The first-order chi connectivity index (χ1) is 7.60. The van der Waals surface area contributed by atoms with Gasteiger partial charge >= 0.3 is 0 Å². The van der Waals surface area contributed by atoms with Crippen LogP contribution in [0.15, 0.2) is 0 Å². The second-order valence-corrected chi connectivity index (χ2v) is 5.00. The Bertz CT molecular complexity index is 137. The molecule has 0 aliphatic rings. The number of aliphatic hydroxyl groups excluding tert-OH is 1. The van der Waals surface area contributed by atoms with Crippen molar-refractivity contribution in [2.45, 2.75) is 46.6 Å². The molecule has 3 nitrogen and oxygen atoms in total. The summed E-state index contributed by atoms with van der Waals surface area (Å²) in [4.78, 5) is 0. The molecule has 0 saturated heterocycles. The highest BCUT2D eigenvalue weighted by Crippen LogP contribution is 1.98. The Morgan fingerprint density at radius 1 is 0.812 bits per heavy atom. The first kappa shape index (κ1) is 15.9. The highest BCUT2D eigenvalue weighted by Gasteiger charge is 2.05. The summed E-state index contributed by atoms with van der Waals surface area (Å²) in [5.41, 5.74) is 0. The van der Waals surface area contributed by atoms with Gasteiger partial charge in [-0.15, -0.1) is 0 Å². The topological polar surface area (TPSA) is 44.3 Å². The van der Waals surface area contributed by atoms with Crippen molar-refractivity contribution >= 4 is 0 Å². The molecule has 2 unspecified atom stereocenters. The maximum Gasteiger partial charge on any atom is 0.0788 e. The third-order valence-electron chi connectivity index (χ3n) is 3.14. The summed E-state index contributed by atoms with van der Waals surface area (Å²) >= 11 is 0. The van der Waals surface area contributed by atoms with Gasteiger partial charge < -0.3 is 15.7 Å². The molecule has 0 fully saturated rings. The summed E-state index contributed by atoms with van der Waals surface area (Å²) in [7, 11) is 0. The number of nitrogens with one attached hydrogen (secondary N) is 2. The summed E-state index contributed by atoms with van der Waals surface area (Å²) < 4.78 is 0. The van der Waals surface area contributed by atoms with E-state index in [-0.39, 0.29) is 6.10 Å². The summed E-state index contributed by atoms with van der Waals surface area (Å²) in [6.45, 7) is 12.2. The van der Waals surface area contributed by atoms with Gasteiger partial charge in [-0.25, -0.2) is 0 Å². The van der Waals surface area contributed by atoms with Crippen LogP contribution in [-0.4, -0.2) is 37.4 Å². The van der Waals surface area contributed by atoms with E-state index in [9.17, 15) is 5.11 Å². The molecule has 0 amide bonds. The van der Waals surface area contributed by atoms with Crippen molar-refractivity contribution in [1.82, 2.24) is 10.6 Å². The van der Waals surface area contributed by atoms with Gasteiger partial charge in [-0.1, -0.05) is 40.5 Å². The number of rotatable bonds is 10. The molecule has 0 aromatic carbocycles. The van der Waals surface area contributed by atoms with E-state index in [2.05, 4.69) is 38.3 Å². The van der Waals surface area contributed by atoms with E-state index in [4.69, 9.17) is 0 Å². The van der Waals surface area contributed by atoms with Crippen molar-refractivity contribution in [2.75, 3.05) is 26.2 Å². The van der Waals surface area contributed by atoms with Crippen molar-refractivity contribution in [2.24, 2.45) is 11.8 Å². The molecule has 0 aromatic rings. The van der Waals surface area contributed by atoms with Crippen LogP contribution < -0.4 is 10.6 Å². The van der Waals surface area contributed by atoms with Crippen LogP contribution in [0.3, 0.4) is 0 Å². The van der Waals surface area contributed by atoms with Crippen LogP contribution in [0.2, 0.25) is 0 Å². The maximum absolute atomic E-state index is 9.70. The SMILES string of the molecule is CCC(C)CNCC(O)CNCC(C)CC. The van der Waals surface area contributed by atoms with Crippen LogP contribution >= 0.6 is 0 Å². The highest BCUT2D eigenvalue weighted by atomic mass is 16.3. The fourth-order valence-electron chi connectivity index (χ4n) is 1.35.